The molecule has 0 aliphatic carbocycles. The van der Waals surface area contributed by atoms with Crippen molar-refractivity contribution in [2.24, 2.45) is 0 Å². The molecule has 0 atom stereocenters. The quantitative estimate of drug-likeness (QED) is 0.742. The molecule has 1 aromatic carbocycles. The Morgan fingerprint density at radius 1 is 1.11 bits per heavy atom. The van der Waals surface area contributed by atoms with Gasteiger partial charge in [-0.15, -0.1) is 0 Å². The van der Waals surface area contributed by atoms with Crippen LogP contribution in [0.2, 0.25) is 0 Å². The molecule has 0 fully saturated rings. The third-order valence-electron chi connectivity index (χ3n) is 2.11. The Bertz CT molecular complexity index is 413. The average Bonchev–Trinajstić information content (AvgIpc) is 2.26. The van der Waals surface area contributed by atoms with Crippen molar-refractivity contribution >= 4 is 23.2 Å². The number of rotatable bonds is 5. The zero-order chi connectivity index (χ0) is 13.5. The number of hydrogen-bond donors (Lipinski definition) is 3. The van der Waals surface area contributed by atoms with Gasteiger partial charge in [-0.05, 0) is 38.1 Å². The molecular weight excluding hydrogens is 230 g/mol. The summed E-state index contributed by atoms with van der Waals surface area (Å²) in [5, 5.41) is 8.47. The highest BCUT2D eigenvalue weighted by Gasteiger charge is 2.02. The molecule has 0 bridgehead atoms. The molecule has 98 valence electrons. The lowest BCUT2D eigenvalue weighted by Crippen LogP contribution is -2.34. The molecule has 0 unspecified atom stereocenters. The zero-order valence-electron chi connectivity index (χ0n) is 10.9. The second-order valence-corrected chi connectivity index (χ2v) is 4.33. The van der Waals surface area contributed by atoms with Crippen LogP contribution in [0.1, 0.15) is 20.8 Å². The Labute approximate surface area is 107 Å². The van der Waals surface area contributed by atoms with E-state index in [0.717, 1.165) is 11.4 Å². The molecule has 0 heterocycles. The number of benzene rings is 1. The number of amides is 2. The van der Waals surface area contributed by atoms with Gasteiger partial charge in [0.25, 0.3) is 0 Å². The van der Waals surface area contributed by atoms with E-state index in [1.165, 1.54) is 6.92 Å². The molecule has 0 aliphatic heterocycles. The predicted octanol–water partition coefficient (Wildman–Crippen LogP) is 1.58. The van der Waals surface area contributed by atoms with E-state index < -0.39 is 0 Å². The summed E-state index contributed by atoms with van der Waals surface area (Å²) >= 11 is 0. The normalized spacial score (nSPS) is 10.0. The molecule has 5 heteroatoms. The first kappa shape index (κ1) is 14.0. The van der Waals surface area contributed by atoms with Gasteiger partial charge in [0, 0.05) is 24.3 Å². The van der Waals surface area contributed by atoms with Crippen molar-refractivity contribution in [2.75, 3.05) is 17.2 Å². The maximum absolute atomic E-state index is 11.4. The summed E-state index contributed by atoms with van der Waals surface area (Å²) < 4.78 is 0. The lowest BCUT2D eigenvalue weighted by molar-refractivity contribution is -0.120. The molecule has 0 aliphatic rings. The maximum atomic E-state index is 11.4. The Hall–Kier alpha value is -2.04. The first-order valence-electron chi connectivity index (χ1n) is 5.88. The number of carbonyl (C=O) groups excluding carboxylic acids is 2. The number of anilines is 2. The lowest BCUT2D eigenvalue weighted by Gasteiger charge is -2.10. The van der Waals surface area contributed by atoms with Gasteiger partial charge in [0.15, 0.2) is 0 Å². The topological polar surface area (TPSA) is 70.2 Å². The summed E-state index contributed by atoms with van der Waals surface area (Å²) in [6.07, 6.45) is 0. The molecule has 2 amide bonds. The van der Waals surface area contributed by atoms with Crippen LogP contribution in [0.5, 0.6) is 0 Å². The van der Waals surface area contributed by atoms with Gasteiger partial charge < -0.3 is 16.0 Å². The minimum atomic E-state index is -0.105. The Balaban J connectivity index is 2.44. The number of carbonyl (C=O) groups is 2. The van der Waals surface area contributed by atoms with Crippen molar-refractivity contribution in [3.63, 3.8) is 0 Å². The fourth-order valence-corrected chi connectivity index (χ4v) is 1.43. The Kier molecular flexibility index (Phi) is 5.17. The first-order chi connectivity index (χ1) is 8.47. The monoisotopic (exact) mass is 249 g/mol. The van der Waals surface area contributed by atoms with Crippen molar-refractivity contribution in [1.82, 2.24) is 5.32 Å². The summed E-state index contributed by atoms with van der Waals surface area (Å²) in [7, 11) is 0. The van der Waals surface area contributed by atoms with Crippen molar-refractivity contribution in [2.45, 2.75) is 26.8 Å². The fraction of sp³-hybridized carbons (Fsp3) is 0.385. The third-order valence-corrected chi connectivity index (χ3v) is 2.11. The van der Waals surface area contributed by atoms with Gasteiger partial charge in [-0.2, -0.15) is 0 Å². The molecule has 3 N–H and O–H groups in total. The summed E-state index contributed by atoms with van der Waals surface area (Å²) in [5.74, 6) is -0.150. The van der Waals surface area contributed by atoms with Crippen molar-refractivity contribution < 1.29 is 9.59 Å². The second kappa shape index (κ2) is 6.64. The summed E-state index contributed by atoms with van der Waals surface area (Å²) in [5.41, 5.74) is 1.57. The van der Waals surface area contributed by atoms with Crippen LogP contribution in [0.15, 0.2) is 24.3 Å². The van der Waals surface area contributed by atoms with Crippen LogP contribution in [0.25, 0.3) is 0 Å². The maximum Gasteiger partial charge on any atom is 0.239 e. The fourth-order valence-electron chi connectivity index (χ4n) is 1.43. The molecule has 0 spiro atoms. The average molecular weight is 249 g/mol. The summed E-state index contributed by atoms with van der Waals surface area (Å²) in [6.45, 7) is 5.53. The van der Waals surface area contributed by atoms with Crippen LogP contribution in [-0.2, 0) is 9.59 Å². The second-order valence-electron chi connectivity index (χ2n) is 4.33. The highest BCUT2D eigenvalue weighted by molar-refractivity contribution is 5.88. The van der Waals surface area contributed by atoms with E-state index in [9.17, 15) is 9.59 Å². The van der Waals surface area contributed by atoms with E-state index in [4.69, 9.17) is 0 Å². The minimum absolute atomic E-state index is 0.0454. The lowest BCUT2D eigenvalue weighted by atomic mass is 10.2. The molecule has 0 radical (unpaired) electrons. The van der Waals surface area contributed by atoms with Crippen LogP contribution < -0.4 is 16.0 Å². The molecule has 0 aromatic heterocycles. The van der Waals surface area contributed by atoms with Crippen LogP contribution in [0.3, 0.4) is 0 Å². The molecule has 5 nitrogen and oxygen atoms in total. The van der Waals surface area contributed by atoms with Crippen LogP contribution in [0, 0.1) is 0 Å². The summed E-state index contributed by atoms with van der Waals surface area (Å²) in [4.78, 5) is 22.2. The smallest absolute Gasteiger partial charge is 0.239 e. The standard InChI is InChI=1S/C13H19N3O2/c1-9(2)15-13(18)8-14-11-4-6-12(7-5-11)16-10(3)17/h4-7,9,14H,8H2,1-3H3,(H,15,18)(H,16,17). The van der Waals surface area contributed by atoms with Gasteiger partial charge >= 0.3 is 0 Å². The molecular formula is C13H19N3O2. The van der Waals surface area contributed by atoms with Crippen LogP contribution in [-0.4, -0.2) is 24.4 Å². The molecule has 1 aromatic rings. The SMILES string of the molecule is CC(=O)Nc1ccc(NCC(=O)NC(C)C)cc1. The van der Waals surface area contributed by atoms with Crippen LogP contribution >= 0.6 is 0 Å². The van der Waals surface area contributed by atoms with Crippen LogP contribution in [0.4, 0.5) is 11.4 Å². The third kappa shape index (κ3) is 5.34. The number of hydrogen-bond acceptors (Lipinski definition) is 3. The van der Waals surface area contributed by atoms with Gasteiger partial charge in [0.05, 0.1) is 6.54 Å². The zero-order valence-corrected chi connectivity index (χ0v) is 10.9. The Morgan fingerprint density at radius 3 is 2.17 bits per heavy atom. The van der Waals surface area contributed by atoms with Gasteiger partial charge in [-0.3, -0.25) is 9.59 Å². The van der Waals surface area contributed by atoms with E-state index in [2.05, 4.69) is 16.0 Å². The van der Waals surface area contributed by atoms with Crippen molar-refractivity contribution in [1.29, 1.82) is 0 Å². The predicted molar refractivity (Wildman–Crippen MR) is 72.5 cm³/mol. The van der Waals surface area contributed by atoms with E-state index in [-0.39, 0.29) is 24.4 Å². The summed E-state index contributed by atoms with van der Waals surface area (Å²) in [6, 6.07) is 7.33. The van der Waals surface area contributed by atoms with Gasteiger partial charge in [-0.25, -0.2) is 0 Å². The van der Waals surface area contributed by atoms with E-state index in [1.54, 1.807) is 12.1 Å². The van der Waals surface area contributed by atoms with Crippen molar-refractivity contribution in [3.05, 3.63) is 24.3 Å². The number of nitrogens with one attached hydrogen (secondary N) is 3. The highest BCUT2D eigenvalue weighted by Crippen LogP contribution is 2.12. The van der Waals surface area contributed by atoms with Gasteiger partial charge in [-0.1, -0.05) is 0 Å². The minimum Gasteiger partial charge on any atom is -0.376 e. The van der Waals surface area contributed by atoms with Crippen molar-refractivity contribution in [3.8, 4) is 0 Å². The Morgan fingerprint density at radius 2 is 1.67 bits per heavy atom. The first-order valence-corrected chi connectivity index (χ1v) is 5.88. The van der Waals surface area contributed by atoms with Gasteiger partial charge in [0.2, 0.25) is 11.8 Å². The molecule has 18 heavy (non-hydrogen) atoms. The molecule has 0 saturated carbocycles. The molecule has 0 saturated heterocycles. The van der Waals surface area contributed by atoms with Gasteiger partial charge in [0.1, 0.15) is 0 Å². The van der Waals surface area contributed by atoms with E-state index in [0.29, 0.717) is 0 Å². The van der Waals surface area contributed by atoms with E-state index in [1.807, 2.05) is 26.0 Å². The molecule has 1 rings (SSSR count). The highest BCUT2D eigenvalue weighted by atomic mass is 16.2. The van der Waals surface area contributed by atoms with E-state index >= 15 is 0 Å². The largest absolute Gasteiger partial charge is 0.376 e.